The summed E-state index contributed by atoms with van der Waals surface area (Å²) >= 11 is 0. The molecule has 3 aromatic rings. The van der Waals surface area contributed by atoms with Crippen LogP contribution in [0.2, 0.25) is 0 Å². The average Bonchev–Trinajstić information content (AvgIpc) is 2.84. The third-order valence-corrected chi connectivity index (χ3v) is 3.43. The van der Waals surface area contributed by atoms with Crippen molar-refractivity contribution in [1.29, 1.82) is 0 Å². The van der Waals surface area contributed by atoms with E-state index >= 15 is 0 Å². The molecule has 0 heterocycles. The fourth-order valence-electron chi connectivity index (χ4n) is 2.18. The van der Waals surface area contributed by atoms with Crippen LogP contribution in [-0.4, -0.2) is 6.54 Å². The van der Waals surface area contributed by atoms with Crippen molar-refractivity contribution in [1.82, 2.24) is 5.32 Å². The third kappa shape index (κ3) is 4.44. The largest absolute Gasteiger partial charge is 0.416 e. The second kappa shape index (κ2) is 7.92. The summed E-state index contributed by atoms with van der Waals surface area (Å²) in [5.74, 6) is 0. The highest BCUT2D eigenvalue weighted by molar-refractivity contribution is 5.86. The summed E-state index contributed by atoms with van der Waals surface area (Å²) in [6, 6.07) is -11.9. The van der Waals surface area contributed by atoms with Crippen LogP contribution in [0.1, 0.15) is 55.2 Å². The van der Waals surface area contributed by atoms with E-state index < -0.39 is 125 Å². The molecular weight excluding hydrogens is 335 g/mol. The summed E-state index contributed by atoms with van der Waals surface area (Å²) < 4.78 is 154. The van der Waals surface area contributed by atoms with Gasteiger partial charge >= 0.3 is 6.18 Å². The van der Waals surface area contributed by atoms with Crippen LogP contribution in [0.3, 0.4) is 0 Å². The second-order valence-electron chi connectivity index (χ2n) is 5.26. The minimum atomic E-state index is -5.21. The zero-order valence-electron chi connectivity index (χ0n) is 27.5. The molecule has 3 aromatic carbocycles. The van der Waals surface area contributed by atoms with E-state index in [0.29, 0.717) is 0 Å². The van der Waals surface area contributed by atoms with Gasteiger partial charge in [0, 0.05) is 8.76 Å². The lowest BCUT2D eigenvalue weighted by atomic mass is 9.99. The molecule has 0 amide bonds. The Kier molecular flexibility index (Phi) is 2.35. The van der Waals surface area contributed by atoms with Crippen LogP contribution in [0.25, 0.3) is 10.8 Å². The molecule has 0 aliphatic rings. The van der Waals surface area contributed by atoms with Crippen molar-refractivity contribution in [3.8, 4) is 0 Å². The number of halogens is 3. The van der Waals surface area contributed by atoms with Crippen LogP contribution < -0.4 is 5.32 Å². The van der Waals surface area contributed by atoms with Crippen LogP contribution in [0.4, 0.5) is 13.2 Å². The molecule has 0 saturated carbocycles. The predicted molar refractivity (Wildman–Crippen MR) is 100 cm³/mol. The van der Waals surface area contributed by atoms with Crippen LogP contribution in [-0.2, 0) is 12.6 Å². The molecule has 4 heteroatoms. The highest BCUT2D eigenvalue weighted by Crippen LogP contribution is 2.29. The first-order chi connectivity index (χ1) is 18.1. The smallest absolute Gasteiger partial charge is 0.310 e. The van der Waals surface area contributed by atoms with Crippen molar-refractivity contribution < 1.29 is 32.4 Å². The van der Waals surface area contributed by atoms with E-state index in [1.807, 2.05) is 0 Å². The lowest BCUT2D eigenvalue weighted by molar-refractivity contribution is -0.137. The fraction of sp³-hybridized carbons (Fsp3) is 0.273. The van der Waals surface area contributed by atoms with E-state index in [1.54, 1.807) is 0 Å². The molecule has 0 aliphatic heterocycles. The summed E-state index contributed by atoms with van der Waals surface area (Å²) in [5, 5.41) is 1.64. The van der Waals surface area contributed by atoms with Crippen molar-refractivity contribution in [2.45, 2.75) is 31.9 Å². The maximum absolute atomic E-state index is 13.5. The van der Waals surface area contributed by atoms with Crippen LogP contribution in [0.5, 0.6) is 0 Å². The van der Waals surface area contributed by atoms with Gasteiger partial charge in [-0.3, -0.25) is 0 Å². The maximum atomic E-state index is 13.5. The Bertz CT molecular complexity index is 1530. The van der Waals surface area contributed by atoms with Gasteiger partial charge in [-0.05, 0) is 54.2 Å². The Hall–Kier alpha value is -2.33. The molecule has 0 radical (unpaired) electrons. The number of hydrogen-bond acceptors (Lipinski definition) is 1. The number of benzene rings is 3. The van der Waals surface area contributed by atoms with E-state index in [2.05, 4.69) is 5.32 Å². The first-order valence-corrected chi connectivity index (χ1v) is 7.48. The zero-order chi connectivity index (χ0) is 30.9. The van der Waals surface area contributed by atoms with Gasteiger partial charge in [0.1, 0.15) is 0 Å². The minimum Gasteiger partial charge on any atom is -0.310 e. The Balaban J connectivity index is 2.10. The SMILES string of the molecule is [2H]c1c([2H])c(CC([2H])([2H])CN[C@@]([2H])(C)c2c([2H])c([2H])c([2H])c3c([2H])c([2H])c([2H])c([2H])c23)c([2H])c(C(F)(F)F)c1[2H]. The summed E-state index contributed by atoms with van der Waals surface area (Å²) in [4.78, 5) is 0. The lowest BCUT2D eigenvalue weighted by Gasteiger charge is -2.17. The Morgan fingerprint density at radius 1 is 1.08 bits per heavy atom. The van der Waals surface area contributed by atoms with Gasteiger partial charge in [0.25, 0.3) is 0 Å². The molecule has 0 aliphatic carbocycles. The molecule has 26 heavy (non-hydrogen) atoms. The monoisotopic (exact) mass is 371 g/mol. The maximum Gasteiger partial charge on any atom is 0.416 e. The molecule has 0 unspecified atom stereocenters. The van der Waals surface area contributed by atoms with E-state index in [-0.39, 0.29) is 0 Å². The fourth-order valence-corrected chi connectivity index (χ4v) is 2.18. The van der Waals surface area contributed by atoms with E-state index in [4.69, 9.17) is 19.2 Å². The summed E-state index contributed by atoms with van der Waals surface area (Å²) in [6.45, 7) is 0.260. The topological polar surface area (TPSA) is 12.0 Å². The average molecular weight is 372 g/mol. The number of alkyl halides is 3. The summed E-state index contributed by atoms with van der Waals surface area (Å²) in [6.07, 6.45) is -8.77. The van der Waals surface area contributed by atoms with Gasteiger partial charge in [-0.15, -0.1) is 0 Å². The number of hydrogen-bond donors (Lipinski definition) is 1. The Morgan fingerprint density at radius 2 is 1.81 bits per heavy atom. The van der Waals surface area contributed by atoms with Gasteiger partial charge < -0.3 is 5.32 Å². The van der Waals surface area contributed by atoms with Crippen molar-refractivity contribution in [2.75, 3.05) is 6.54 Å². The second-order valence-corrected chi connectivity index (χ2v) is 5.26. The highest BCUT2D eigenvalue weighted by atomic mass is 19.4. The molecule has 1 nitrogen and oxygen atoms in total. The van der Waals surface area contributed by atoms with Crippen LogP contribution >= 0.6 is 0 Å². The van der Waals surface area contributed by atoms with Gasteiger partial charge in [-0.2, -0.15) is 13.2 Å². The van der Waals surface area contributed by atoms with Crippen LogP contribution in [0.15, 0.2) is 66.5 Å². The molecule has 0 bridgehead atoms. The highest BCUT2D eigenvalue weighted by Gasteiger charge is 2.30. The standard InChI is InChI=1S/C22H22F3N/c1-16(20-13-5-10-18-9-2-3-12-21(18)20)26-14-6-8-17-7-4-11-19(15-17)22(23,24)25/h2-5,7,9-13,15-16,26H,6,8,14H2,1H3/t16-/m0/s1/i2D,3D,4D,5D,6D2,7D,9D,10D,11D,12D,13D,15D,16D. The number of fused-ring (bicyclic) bond motifs is 1. The predicted octanol–water partition coefficient (Wildman–Crippen LogP) is 6.14. The third-order valence-electron chi connectivity index (χ3n) is 3.43. The Morgan fingerprint density at radius 3 is 2.62 bits per heavy atom. The quantitative estimate of drug-likeness (QED) is 0.548. The molecule has 0 aromatic heterocycles. The van der Waals surface area contributed by atoms with Gasteiger partial charge in [0.2, 0.25) is 0 Å². The first kappa shape index (κ1) is 7.73. The van der Waals surface area contributed by atoms with Crippen molar-refractivity contribution >= 4 is 10.8 Å². The zero-order valence-corrected chi connectivity index (χ0v) is 13.5. The molecule has 0 saturated heterocycles. The van der Waals surface area contributed by atoms with E-state index in [0.717, 1.165) is 6.92 Å². The molecule has 136 valence electrons. The minimum absolute atomic E-state index is 0.399. The Labute approximate surface area is 171 Å². The van der Waals surface area contributed by atoms with E-state index in [1.165, 1.54) is 0 Å². The van der Waals surface area contributed by atoms with Gasteiger partial charge in [0.15, 0.2) is 0 Å². The molecule has 1 atom stereocenters. The van der Waals surface area contributed by atoms with Gasteiger partial charge in [-0.25, -0.2) is 0 Å². The van der Waals surface area contributed by atoms with Crippen LogP contribution in [0, 0.1) is 0 Å². The molecule has 1 N–H and O–H groups in total. The van der Waals surface area contributed by atoms with Gasteiger partial charge in [0.05, 0.1) is 22.0 Å². The molecule has 0 fully saturated rings. The molecule has 0 spiro atoms. The first-order valence-electron chi connectivity index (χ1n) is 14.5. The molecule has 3 rings (SSSR count). The summed E-state index contributed by atoms with van der Waals surface area (Å²) in [5.41, 5.74) is -3.02. The normalized spacial score (nSPS) is 22.5. The van der Waals surface area contributed by atoms with Gasteiger partial charge in [-0.1, -0.05) is 60.4 Å². The lowest BCUT2D eigenvalue weighted by Crippen LogP contribution is -2.20. The van der Waals surface area contributed by atoms with Crippen molar-refractivity contribution in [2.24, 2.45) is 0 Å². The number of nitrogens with one attached hydrogen (secondary N) is 1. The number of rotatable bonds is 6. The summed E-state index contributed by atoms with van der Waals surface area (Å²) in [7, 11) is 0. The molecular formula is C22H22F3N. The van der Waals surface area contributed by atoms with Crippen molar-refractivity contribution in [3.63, 3.8) is 0 Å². The van der Waals surface area contributed by atoms with Crippen molar-refractivity contribution in [3.05, 3.63) is 83.2 Å². The van der Waals surface area contributed by atoms with E-state index in [9.17, 15) is 13.2 Å².